The van der Waals surface area contributed by atoms with Gasteiger partial charge >= 0.3 is 6.09 Å². The first-order chi connectivity index (χ1) is 9.74. The first-order valence-electron chi connectivity index (χ1n) is 6.90. The number of hydrogen-bond acceptors (Lipinski definition) is 5. The van der Waals surface area contributed by atoms with E-state index in [2.05, 4.69) is 31.1 Å². The van der Waals surface area contributed by atoms with Gasteiger partial charge in [0.05, 0.1) is 16.2 Å². The number of carbonyl (C=O) groups excluding carboxylic acids is 1. The van der Waals surface area contributed by atoms with Crippen LogP contribution >= 0.6 is 15.9 Å². The molecule has 2 rings (SSSR count). The number of rotatable bonds is 2. The molecule has 0 aliphatic carbocycles. The number of nitrogens with one attached hydrogen (secondary N) is 1. The van der Waals surface area contributed by atoms with E-state index in [4.69, 9.17) is 10.5 Å². The summed E-state index contributed by atoms with van der Waals surface area (Å²) in [6, 6.07) is 1.90. The molecular formula is C14H21BrN4O2. The molecule has 7 heteroatoms. The molecule has 6 nitrogen and oxygen atoms in total. The van der Waals surface area contributed by atoms with E-state index in [1.807, 2.05) is 26.8 Å². The predicted octanol–water partition coefficient (Wildman–Crippen LogP) is 2.53. The lowest BCUT2D eigenvalue weighted by molar-refractivity contribution is 0.0509. The van der Waals surface area contributed by atoms with E-state index in [0.29, 0.717) is 5.82 Å². The van der Waals surface area contributed by atoms with Crippen LogP contribution in [0.5, 0.6) is 0 Å². The summed E-state index contributed by atoms with van der Waals surface area (Å²) in [5.74, 6) is 0.483. The van der Waals surface area contributed by atoms with Gasteiger partial charge in [-0.2, -0.15) is 0 Å². The number of ether oxygens (including phenoxy) is 1. The molecule has 2 heterocycles. The van der Waals surface area contributed by atoms with E-state index in [1.54, 1.807) is 6.20 Å². The van der Waals surface area contributed by atoms with E-state index >= 15 is 0 Å². The maximum Gasteiger partial charge on any atom is 0.407 e. The van der Waals surface area contributed by atoms with Crippen molar-refractivity contribution in [1.82, 2.24) is 10.3 Å². The maximum atomic E-state index is 11.8. The number of anilines is 2. The van der Waals surface area contributed by atoms with Crippen molar-refractivity contribution in [3.8, 4) is 0 Å². The van der Waals surface area contributed by atoms with E-state index in [1.165, 1.54) is 0 Å². The highest BCUT2D eigenvalue weighted by Gasteiger charge is 2.27. The quantitative estimate of drug-likeness (QED) is 0.850. The molecule has 1 aromatic rings. The van der Waals surface area contributed by atoms with Crippen LogP contribution < -0.4 is 16.0 Å². The van der Waals surface area contributed by atoms with Gasteiger partial charge in [-0.25, -0.2) is 9.78 Å². The molecule has 0 bridgehead atoms. The van der Waals surface area contributed by atoms with E-state index in [0.717, 1.165) is 29.7 Å². The zero-order valence-corrected chi connectivity index (χ0v) is 14.1. The molecule has 0 aromatic carbocycles. The SMILES string of the molecule is CC(C)(C)OC(=O)N[C@H]1CCN(c2cc(N)ncc2Br)C1. The second kappa shape index (κ2) is 6.09. The Morgan fingerprint density at radius 2 is 2.29 bits per heavy atom. The van der Waals surface area contributed by atoms with Crippen LogP contribution in [0.2, 0.25) is 0 Å². The van der Waals surface area contributed by atoms with Gasteiger partial charge in [0.2, 0.25) is 0 Å². The number of hydrogen-bond donors (Lipinski definition) is 2. The van der Waals surface area contributed by atoms with Gasteiger partial charge in [0, 0.05) is 25.4 Å². The minimum Gasteiger partial charge on any atom is -0.444 e. The summed E-state index contributed by atoms with van der Waals surface area (Å²) < 4.78 is 6.17. The van der Waals surface area contributed by atoms with Crippen molar-refractivity contribution < 1.29 is 9.53 Å². The minimum atomic E-state index is -0.481. The number of nitrogens with two attached hydrogens (primary N) is 1. The molecule has 0 unspecified atom stereocenters. The number of alkyl carbamates (subject to hydrolysis) is 1. The lowest BCUT2D eigenvalue weighted by atomic mass is 10.2. The molecule has 1 aliphatic rings. The standard InChI is InChI=1S/C14H21BrN4O2/c1-14(2,3)21-13(20)18-9-4-5-19(8-9)11-6-12(16)17-7-10(11)15/h6-7,9H,4-5,8H2,1-3H3,(H2,16,17)(H,18,20)/t9-/m0/s1. The summed E-state index contributed by atoms with van der Waals surface area (Å²) >= 11 is 3.48. The monoisotopic (exact) mass is 356 g/mol. The van der Waals surface area contributed by atoms with Crippen molar-refractivity contribution in [2.45, 2.75) is 38.8 Å². The second-order valence-electron chi connectivity index (χ2n) is 6.14. The summed E-state index contributed by atoms with van der Waals surface area (Å²) in [7, 11) is 0. The molecule has 3 N–H and O–H groups in total. The maximum absolute atomic E-state index is 11.8. The first-order valence-corrected chi connectivity index (χ1v) is 7.69. The van der Waals surface area contributed by atoms with Gasteiger partial charge in [-0.15, -0.1) is 0 Å². The van der Waals surface area contributed by atoms with Gasteiger partial charge in [0.15, 0.2) is 0 Å². The number of carbonyl (C=O) groups is 1. The molecular weight excluding hydrogens is 336 g/mol. The van der Waals surface area contributed by atoms with Crippen molar-refractivity contribution >= 4 is 33.5 Å². The van der Waals surface area contributed by atoms with E-state index in [9.17, 15) is 4.79 Å². The summed E-state index contributed by atoms with van der Waals surface area (Å²) in [5.41, 5.74) is 6.25. The zero-order chi connectivity index (χ0) is 15.6. The van der Waals surface area contributed by atoms with Gasteiger partial charge in [-0.05, 0) is 43.1 Å². The predicted molar refractivity (Wildman–Crippen MR) is 86.3 cm³/mol. The Bertz CT molecular complexity index is 530. The van der Waals surface area contributed by atoms with Crippen molar-refractivity contribution in [2.75, 3.05) is 23.7 Å². The number of aromatic nitrogens is 1. The van der Waals surface area contributed by atoms with Crippen molar-refractivity contribution in [3.05, 3.63) is 16.7 Å². The third-order valence-corrected chi connectivity index (χ3v) is 3.72. The van der Waals surface area contributed by atoms with Crippen LogP contribution in [-0.2, 0) is 4.74 Å². The molecule has 0 spiro atoms. The van der Waals surface area contributed by atoms with Crippen LogP contribution in [-0.4, -0.2) is 35.8 Å². The molecule has 0 radical (unpaired) electrons. The smallest absolute Gasteiger partial charge is 0.407 e. The molecule has 21 heavy (non-hydrogen) atoms. The van der Waals surface area contributed by atoms with Crippen LogP contribution in [0.4, 0.5) is 16.3 Å². The first kappa shape index (κ1) is 15.9. The third-order valence-electron chi connectivity index (χ3n) is 3.11. The number of pyridine rings is 1. The van der Waals surface area contributed by atoms with E-state index < -0.39 is 5.60 Å². The number of nitrogens with zero attached hydrogens (tertiary/aromatic N) is 2. The Labute approximate surface area is 133 Å². The molecule has 1 amide bonds. The second-order valence-corrected chi connectivity index (χ2v) is 6.99. The van der Waals surface area contributed by atoms with E-state index in [-0.39, 0.29) is 12.1 Å². The third kappa shape index (κ3) is 4.49. The summed E-state index contributed by atoms with van der Waals surface area (Å²) in [5, 5.41) is 2.90. The number of halogens is 1. The molecule has 1 fully saturated rings. The number of amides is 1. The Morgan fingerprint density at radius 3 is 2.95 bits per heavy atom. The molecule has 1 aliphatic heterocycles. The van der Waals surface area contributed by atoms with Crippen LogP contribution in [0.25, 0.3) is 0 Å². The molecule has 0 saturated carbocycles. The summed E-state index contributed by atoms with van der Waals surface area (Å²) in [4.78, 5) is 18.0. The van der Waals surface area contributed by atoms with Crippen molar-refractivity contribution in [3.63, 3.8) is 0 Å². The minimum absolute atomic E-state index is 0.0705. The number of nitrogen functional groups attached to an aromatic ring is 1. The highest BCUT2D eigenvalue weighted by atomic mass is 79.9. The highest BCUT2D eigenvalue weighted by molar-refractivity contribution is 9.10. The summed E-state index contributed by atoms with van der Waals surface area (Å²) in [6.45, 7) is 7.13. The van der Waals surface area contributed by atoms with Crippen LogP contribution in [0, 0.1) is 0 Å². The fraction of sp³-hybridized carbons (Fsp3) is 0.571. The van der Waals surface area contributed by atoms with Gasteiger partial charge in [-0.1, -0.05) is 0 Å². The van der Waals surface area contributed by atoms with Crippen LogP contribution in [0.1, 0.15) is 27.2 Å². The van der Waals surface area contributed by atoms with Gasteiger partial charge in [0.25, 0.3) is 0 Å². The Hall–Kier alpha value is -1.50. The van der Waals surface area contributed by atoms with Crippen LogP contribution in [0.3, 0.4) is 0 Å². The van der Waals surface area contributed by atoms with Gasteiger partial charge in [0.1, 0.15) is 11.4 Å². The van der Waals surface area contributed by atoms with Crippen molar-refractivity contribution in [2.24, 2.45) is 0 Å². The highest BCUT2D eigenvalue weighted by Crippen LogP contribution is 2.29. The molecule has 1 aromatic heterocycles. The van der Waals surface area contributed by atoms with Gasteiger partial charge in [-0.3, -0.25) is 0 Å². The largest absolute Gasteiger partial charge is 0.444 e. The summed E-state index contributed by atoms with van der Waals surface area (Å²) in [6.07, 6.45) is 2.19. The fourth-order valence-corrected chi connectivity index (χ4v) is 2.72. The average Bonchev–Trinajstić information content (AvgIpc) is 2.78. The van der Waals surface area contributed by atoms with Crippen LogP contribution in [0.15, 0.2) is 16.7 Å². The normalized spacial score (nSPS) is 18.7. The molecule has 116 valence electrons. The lowest BCUT2D eigenvalue weighted by Gasteiger charge is -2.23. The van der Waals surface area contributed by atoms with Gasteiger partial charge < -0.3 is 20.7 Å². The molecule has 1 saturated heterocycles. The van der Waals surface area contributed by atoms with Crippen molar-refractivity contribution in [1.29, 1.82) is 0 Å². The lowest BCUT2D eigenvalue weighted by Crippen LogP contribution is -2.40. The Balaban J connectivity index is 1.95. The molecule has 1 atom stereocenters. The Morgan fingerprint density at radius 1 is 1.57 bits per heavy atom. The average molecular weight is 357 g/mol. The Kier molecular flexibility index (Phi) is 4.61. The zero-order valence-electron chi connectivity index (χ0n) is 12.5. The fourth-order valence-electron chi connectivity index (χ4n) is 2.26. The topological polar surface area (TPSA) is 80.5 Å².